The molecule has 1 atom stereocenters. The lowest BCUT2D eigenvalue weighted by atomic mass is 10.2. The molecule has 0 spiro atoms. The first-order valence-electron chi connectivity index (χ1n) is 9.20. The van der Waals surface area contributed by atoms with Crippen molar-refractivity contribution in [1.29, 1.82) is 0 Å². The summed E-state index contributed by atoms with van der Waals surface area (Å²) in [5, 5.41) is 13.4. The number of anilines is 2. The first-order valence-corrected chi connectivity index (χ1v) is 9.20. The van der Waals surface area contributed by atoms with Gasteiger partial charge in [0.05, 0.1) is 28.3 Å². The highest BCUT2D eigenvalue weighted by atomic mass is 16.5. The average molecular weight is 383 g/mol. The van der Waals surface area contributed by atoms with Crippen molar-refractivity contribution in [2.75, 3.05) is 16.9 Å². The fourth-order valence-electron chi connectivity index (χ4n) is 2.99. The molecule has 0 saturated heterocycles. The standard InChI is InChI=1S/C20H25N5O3/c1-12-10-11-25(22-12)17-8-6-16(7-9-17)20(27)28-15(4)19(26)21-18-13(2)23-24(5)14(18)3/h6-9,15H,10-11H2,1-5H3,(H,21,26). The maximum Gasteiger partial charge on any atom is 0.338 e. The van der Waals surface area contributed by atoms with E-state index in [1.54, 1.807) is 30.8 Å². The highest BCUT2D eigenvalue weighted by Gasteiger charge is 2.22. The number of amides is 1. The molecule has 1 aliphatic rings. The maximum atomic E-state index is 12.4. The number of hydrazone groups is 1. The predicted octanol–water partition coefficient (Wildman–Crippen LogP) is 2.81. The second-order valence-electron chi connectivity index (χ2n) is 6.96. The van der Waals surface area contributed by atoms with E-state index < -0.39 is 18.0 Å². The van der Waals surface area contributed by atoms with Gasteiger partial charge in [0.1, 0.15) is 0 Å². The number of benzene rings is 1. The average Bonchev–Trinajstić information content (AvgIpc) is 3.20. The Morgan fingerprint density at radius 1 is 1.18 bits per heavy atom. The van der Waals surface area contributed by atoms with Gasteiger partial charge in [-0.15, -0.1) is 0 Å². The number of carbonyl (C=O) groups excluding carboxylic acids is 2. The number of hydrogen-bond acceptors (Lipinski definition) is 6. The highest BCUT2D eigenvalue weighted by Crippen LogP contribution is 2.21. The van der Waals surface area contributed by atoms with Gasteiger partial charge < -0.3 is 10.1 Å². The van der Waals surface area contributed by atoms with Crippen molar-refractivity contribution >= 4 is 29.0 Å². The summed E-state index contributed by atoms with van der Waals surface area (Å²) in [5.41, 5.74) is 4.57. The third kappa shape index (κ3) is 4.05. The van der Waals surface area contributed by atoms with Crippen LogP contribution in [-0.2, 0) is 16.6 Å². The lowest BCUT2D eigenvalue weighted by Gasteiger charge is -2.15. The van der Waals surface area contributed by atoms with E-state index in [9.17, 15) is 9.59 Å². The minimum Gasteiger partial charge on any atom is -0.449 e. The van der Waals surface area contributed by atoms with E-state index in [1.165, 1.54) is 0 Å². The number of aryl methyl sites for hydroxylation is 2. The Balaban J connectivity index is 1.61. The van der Waals surface area contributed by atoms with Crippen LogP contribution in [0, 0.1) is 13.8 Å². The zero-order valence-corrected chi connectivity index (χ0v) is 16.8. The molecule has 1 aromatic heterocycles. The number of nitrogens with zero attached hydrogens (tertiary/aromatic N) is 4. The lowest BCUT2D eigenvalue weighted by Crippen LogP contribution is -2.30. The normalized spacial score (nSPS) is 14.6. The third-order valence-electron chi connectivity index (χ3n) is 4.79. The van der Waals surface area contributed by atoms with Crippen molar-refractivity contribution in [2.24, 2.45) is 12.1 Å². The first kappa shape index (κ1) is 19.6. The van der Waals surface area contributed by atoms with Gasteiger partial charge in [-0.3, -0.25) is 14.5 Å². The molecule has 0 radical (unpaired) electrons. The van der Waals surface area contributed by atoms with Crippen LogP contribution >= 0.6 is 0 Å². The molecule has 0 aliphatic carbocycles. The van der Waals surface area contributed by atoms with Crippen LogP contribution in [0.3, 0.4) is 0 Å². The zero-order valence-electron chi connectivity index (χ0n) is 16.8. The van der Waals surface area contributed by atoms with Crippen LogP contribution in [0.4, 0.5) is 11.4 Å². The highest BCUT2D eigenvalue weighted by molar-refractivity contribution is 5.98. The van der Waals surface area contributed by atoms with Crippen molar-refractivity contribution in [2.45, 2.75) is 40.2 Å². The molecule has 1 unspecified atom stereocenters. The minimum atomic E-state index is -0.933. The number of esters is 1. The first-order chi connectivity index (χ1) is 13.3. The number of nitrogens with one attached hydrogen (secondary N) is 1. The fraction of sp³-hybridized carbons (Fsp3) is 0.400. The molecule has 0 bridgehead atoms. The molecule has 0 fully saturated rings. The van der Waals surface area contributed by atoms with Crippen molar-refractivity contribution in [3.8, 4) is 0 Å². The zero-order chi connectivity index (χ0) is 20.4. The van der Waals surface area contributed by atoms with E-state index in [1.807, 2.05) is 37.9 Å². The molecule has 1 aliphatic heterocycles. The van der Waals surface area contributed by atoms with E-state index in [-0.39, 0.29) is 0 Å². The van der Waals surface area contributed by atoms with Gasteiger partial charge in [-0.1, -0.05) is 0 Å². The summed E-state index contributed by atoms with van der Waals surface area (Å²) in [7, 11) is 1.81. The molecule has 28 heavy (non-hydrogen) atoms. The quantitative estimate of drug-likeness (QED) is 0.802. The van der Waals surface area contributed by atoms with E-state index in [0.717, 1.165) is 30.1 Å². The lowest BCUT2D eigenvalue weighted by molar-refractivity contribution is -0.123. The van der Waals surface area contributed by atoms with Crippen LogP contribution in [0.2, 0.25) is 0 Å². The summed E-state index contributed by atoms with van der Waals surface area (Å²) >= 11 is 0. The summed E-state index contributed by atoms with van der Waals surface area (Å²) < 4.78 is 7.01. The summed E-state index contributed by atoms with van der Waals surface area (Å²) in [6, 6.07) is 7.01. The Morgan fingerprint density at radius 2 is 1.86 bits per heavy atom. The number of aromatic nitrogens is 2. The molecule has 0 saturated carbocycles. The van der Waals surface area contributed by atoms with Crippen molar-refractivity contribution in [3.63, 3.8) is 0 Å². The van der Waals surface area contributed by atoms with Crippen LogP contribution < -0.4 is 10.3 Å². The molecule has 1 amide bonds. The Labute approximate surface area is 164 Å². The van der Waals surface area contributed by atoms with Gasteiger partial charge in [0.15, 0.2) is 6.10 Å². The second-order valence-corrected chi connectivity index (χ2v) is 6.96. The number of rotatable bonds is 5. The molecule has 1 aromatic carbocycles. The van der Waals surface area contributed by atoms with Gasteiger partial charge >= 0.3 is 5.97 Å². The molecule has 8 nitrogen and oxygen atoms in total. The van der Waals surface area contributed by atoms with Crippen LogP contribution in [0.1, 0.15) is 42.0 Å². The van der Waals surface area contributed by atoms with Crippen LogP contribution in [-0.4, -0.2) is 40.0 Å². The number of hydrogen-bond donors (Lipinski definition) is 1. The van der Waals surface area contributed by atoms with E-state index in [2.05, 4.69) is 15.5 Å². The van der Waals surface area contributed by atoms with Crippen molar-refractivity contribution in [3.05, 3.63) is 41.2 Å². The van der Waals surface area contributed by atoms with Gasteiger partial charge in [-0.25, -0.2) is 4.79 Å². The Morgan fingerprint density at radius 3 is 2.39 bits per heavy atom. The largest absolute Gasteiger partial charge is 0.449 e. The van der Waals surface area contributed by atoms with Gasteiger partial charge in [-0.05, 0) is 52.0 Å². The molecular formula is C20H25N5O3. The van der Waals surface area contributed by atoms with E-state index in [0.29, 0.717) is 16.9 Å². The maximum absolute atomic E-state index is 12.4. The number of ether oxygens (including phenoxy) is 1. The van der Waals surface area contributed by atoms with Crippen LogP contribution in [0.5, 0.6) is 0 Å². The topological polar surface area (TPSA) is 88.8 Å². The summed E-state index contributed by atoms with van der Waals surface area (Å²) in [5.74, 6) is -0.944. The summed E-state index contributed by atoms with van der Waals surface area (Å²) in [4.78, 5) is 24.8. The van der Waals surface area contributed by atoms with Crippen LogP contribution in [0.25, 0.3) is 0 Å². The third-order valence-corrected chi connectivity index (χ3v) is 4.79. The van der Waals surface area contributed by atoms with Crippen LogP contribution in [0.15, 0.2) is 29.4 Å². The van der Waals surface area contributed by atoms with Crippen molar-refractivity contribution in [1.82, 2.24) is 9.78 Å². The fourth-order valence-corrected chi connectivity index (χ4v) is 2.99. The molecule has 1 N–H and O–H groups in total. The molecule has 3 rings (SSSR count). The number of carbonyl (C=O) groups is 2. The van der Waals surface area contributed by atoms with E-state index >= 15 is 0 Å². The second kappa shape index (κ2) is 7.84. The molecule has 8 heteroatoms. The Hall–Kier alpha value is -3.16. The van der Waals surface area contributed by atoms with E-state index in [4.69, 9.17) is 4.74 Å². The molecule has 148 valence electrons. The van der Waals surface area contributed by atoms with Gasteiger partial charge in [0.25, 0.3) is 5.91 Å². The van der Waals surface area contributed by atoms with Gasteiger partial charge in [0, 0.05) is 25.7 Å². The predicted molar refractivity (Wildman–Crippen MR) is 108 cm³/mol. The summed E-state index contributed by atoms with van der Waals surface area (Å²) in [6.45, 7) is 8.05. The Kier molecular flexibility index (Phi) is 5.48. The van der Waals surface area contributed by atoms with Crippen molar-refractivity contribution < 1.29 is 14.3 Å². The van der Waals surface area contributed by atoms with Gasteiger partial charge in [0.2, 0.25) is 0 Å². The minimum absolute atomic E-state index is 0.386. The molecular weight excluding hydrogens is 358 g/mol. The smallest absolute Gasteiger partial charge is 0.338 e. The molecule has 2 aromatic rings. The SMILES string of the molecule is CC1=NN(c2ccc(C(=O)OC(C)C(=O)Nc3c(C)nn(C)c3C)cc2)CC1. The summed E-state index contributed by atoms with van der Waals surface area (Å²) in [6.07, 6.45) is 0.00349. The monoisotopic (exact) mass is 383 g/mol. The molecule has 2 heterocycles. The Bertz CT molecular complexity index is 930. The van der Waals surface area contributed by atoms with Gasteiger partial charge in [-0.2, -0.15) is 10.2 Å².